The van der Waals surface area contributed by atoms with E-state index < -0.39 is 5.41 Å². The lowest BCUT2D eigenvalue weighted by Crippen LogP contribution is -2.43. The number of nitrogens with one attached hydrogen (secondary N) is 1. The Balaban J connectivity index is 0.00000176. The summed E-state index contributed by atoms with van der Waals surface area (Å²) in [6, 6.07) is 8.53. The molecule has 1 amide bonds. The number of benzene rings is 1. The Morgan fingerprint density at radius 1 is 1.18 bits per heavy atom. The third kappa shape index (κ3) is 3.02. The molecular formula is C18H27ClN2O. The lowest BCUT2D eigenvalue weighted by Gasteiger charge is -2.30. The number of rotatable bonds is 3. The predicted molar refractivity (Wildman–Crippen MR) is 92.5 cm³/mol. The number of amides is 1. The van der Waals surface area contributed by atoms with E-state index in [1.807, 2.05) is 0 Å². The number of carbonyl (C=O) groups excluding carboxylic acids is 1. The van der Waals surface area contributed by atoms with Crippen LogP contribution in [0.1, 0.15) is 31.9 Å². The first-order chi connectivity index (χ1) is 10.0. The van der Waals surface area contributed by atoms with Gasteiger partial charge >= 0.3 is 0 Å². The van der Waals surface area contributed by atoms with Crippen molar-refractivity contribution in [2.24, 2.45) is 11.8 Å². The molecule has 0 spiro atoms. The molecule has 1 aromatic rings. The smallest absolute Gasteiger partial charge is 0.232 e. The monoisotopic (exact) mass is 322 g/mol. The van der Waals surface area contributed by atoms with Gasteiger partial charge in [-0.1, -0.05) is 31.2 Å². The van der Waals surface area contributed by atoms with Crippen LogP contribution in [0.3, 0.4) is 0 Å². The van der Waals surface area contributed by atoms with Gasteiger partial charge in [-0.05, 0) is 43.2 Å². The maximum atomic E-state index is 13.0. The van der Waals surface area contributed by atoms with Crippen molar-refractivity contribution in [3.8, 4) is 0 Å². The van der Waals surface area contributed by atoms with Gasteiger partial charge in [-0.3, -0.25) is 4.79 Å². The van der Waals surface area contributed by atoms with Gasteiger partial charge in [0, 0.05) is 26.2 Å². The Labute approximate surface area is 139 Å². The van der Waals surface area contributed by atoms with Crippen LogP contribution in [-0.2, 0) is 16.6 Å². The summed E-state index contributed by atoms with van der Waals surface area (Å²) >= 11 is 0. The van der Waals surface area contributed by atoms with Crippen molar-refractivity contribution >= 4 is 18.3 Å². The van der Waals surface area contributed by atoms with Crippen molar-refractivity contribution in [1.82, 2.24) is 10.2 Å². The molecule has 2 heterocycles. The van der Waals surface area contributed by atoms with Gasteiger partial charge in [0.1, 0.15) is 0 Å². The number of hydrogen-bond donors (Lipinski definition) is 1. The summed E-state index contributed by atoms with van der Waals surface area (Å²) in [7, 11) is 0. The fourth-order valence-corrected chi connectivity index (χ4v) is 3.70. The van der Waals surface area contributed by atoms with Crippen molar-refractivity contribution in [2.45, 2.75) is 32.6 Å². The Kier molecular flexibility index (Phi) is 5.18. The van der Waals surface area contributed by atoms with Crippen LogP contribution in [0.25, 0.3) is 0 Å². The molecule has 2 aliphatic heterocycles. The molecule has 2 aliphatic rings. The zero-order valence-electron chi connectivity index (χ0n) is 13.8. The molecule has 3 rings (SSSR count). The SMILES string of the molecule is CCc1ccc(C(C)(C)C(=O)N2C[C@H]3CNC[C@H]3C2)cc1.Cl. The van der Waals surface area contributed by atoms with Crippen LogP contribution < -0.4 is 5.32 Å². The Morgan fingerprint density at radius 3 is 2.23 bits per heavy atom. The molecule has 1 aromatic carbocycles. The molecule has 2 atom stereocenters. The minimum atomic E-state index is -0.432. The van der Waals surface area contributed by atoms with Crippen LogP contribution in [0.5, 0.6) is 0 Å². The number of halogens is 1. The Hall–Kier alpha value is -1.06. The van der Waals surface area contributed by atoms with Gasteiger partial charge in [-0.15, -0.1) is 12.4 Å². The molecule has 3 nitrogen and oxygen atoms in total. The lowest BCUT2D eigenvalue weighted by atomic mass is 9.82. The fourth-order valence-electron chi connectivity index (χ4n) is 3.70. The number of hydrogen-bond acceptors (Lipinski definition) is 2. The zero-order chi connectivity index (χ0) is 15.0. The van der Waals surface area contributed by atoms with E-state index in [9.17, 15) is 4.79 Å². The normalized spacial score (nSPS) is 24.0. The van der Waals surface area contributed by atoms with E-state index >= 15 is 0 Å². The number of carbonyl (C=O) groups is 1. The molecule has 0 aromatic heterocycles. The first kappa shape index (κ1) is 17.3. The van der Waals surface area contributed by atoms with Gasteiger partial charge in [0.15, 0.2) is 0 Å². The summed E-state index contributed by atoms with van der Waals surface area (Å²) in [5.74, 6) is 1.60. The Morgan fingerprint density at radius 2 is 1.73 bits per heavy atom. The highest BCUT2D eigenvalue weighted by molar-refractivity contribution is 5.87. The molecule has 22 heavy (non-hydrogen) atoms. The van der Waals surface area contributed by atoms with Crippen molar-refractivity contribution in [3.05, 3.63) is 35.4 Å². The Bertz CT molecular complexity index is 514. The third-order valence-corrected chi connectivity index (χ3v) is 5.30. The number of nitrogens with zero attached hydrogens (tertiary/aromatic N) is 1. The van der Waals surface area contributed by atoms with E-state index in [4.69, 9.17) is 0 Å². The standard InChI is InChI=1S/C18H26N2O.ClH/c1-4-13-5-7-16(8-6-13)18(2,3)17(21)20-11-14-9-19-10-15(14)12-20;/h5-8,14-15,19H,4,9-12H2,1-3H3;1H/t14-,15+;. The van der Waals surface area contributed by atoms with Crippen LogP contribution in [0, 0.1) is 11.8 Å². The average molecular weight is 323 g/mol. The largest absolute Gasteiger partial charge is 0.341 e. The van der Waals surface area contributed by atoms with E-state index in [1.54, 1.807) is 0 Å². The van der Waals surface area contributed by atoms with Crippen LogP contribution in [0.4, 0.5) is 0 Å². The van der Waals surface area contributed by atoms with Gasteiger partial charge in [-0.2, -0.15) is 0 Å². The van der Waals surface area contributed by atoms with Gasteiger partial charge in [0.05, 0.1) is 5.41 Å². The molecule has 4 heteroatoms. The highest BCUT2D eigenvalue weighted by Gasteiger charge is 2.42. The second-order valence-corrected chi connectivity index (χ2v) is 7.06. The first-order valence-electron chi connectivity index (χ1n) is 8.12. The van der Waals surface area contributed by atoms with Crippen molar-refractivity contribution in [1.29, 1.82) is 0 Å². The van der Waals surface area contributed by atoms with E-state index in [-0.39, 0.29) is 18.3 Å². The molecule has 1 N–H and O–H groups in total. The van der Waals surface area contributed by atoms with Crippen LogP contribution >= 0.6 is 12.4 Å². The fraction of sp³-hybridized carbons (Fsp3) is 0.611. The predicted octanol–water partition coefficient (Wildman–Crippen LogP) is 2.63. The molecular weight excluding hydrogens is 296 g/mol. The molecule has 2 saturated heterocycles. The highest BCUT2D eigenvalue weighted by atomic mass is 35.5. The second kappa shape index (κ2) is 6.59. The van der Waals surface area contributed by atoms with Gasteiger partial charge < -0.3 is 10.2 Å². The van der Waals surface area contributed by atoms with Gasteiger partial charge in [0.2, 0.25) is 5.91 Å². The average Bonchev–Trinajstić information content (AvgIpc) is 3.07. The summed E-state index contributed by atoms with van der Waals surface area (Å²) in [4.78, 5) is 15.0. The molecule has 0 saturated carbocycles. The molecule has 0 bridgehead atoms. The summed E-state index contributed by atoms with van der Waals surface area (Å²) in [6.07, 6.45) is 1.04. The van der Waals surface area contributed by atoms with E-state index in [0.29, 0.717) is 11.8 Å². The number of fused-ring (bicyclic) bond motifs is 1. The molecule has 0 unspecified atom stereocenters. The van der Waals surface area contributed by atoms with Crippen molar-refractivity contribution < 1.29 is 4.79 Å². The molecule has 0 aliphatic carbocycles. The first-order valence-corrected chi connectivity index (χ1v) is 8.12. The summed E-state index contributed by atoms with van der Waals surface area (Å²) in [6.45, 7) is 10.3. The summed E-state index contributed by atoms with van der Waals surface area (Å²) < 4.78 is 0. The van der Waals surface area contributed by atoms with Crippen molar-refractivity contribution in [3.63, 3.8) is 0 Å². The minimum absolute atomic E-state index is 0. The third-order valence-electron chi connectivity index (χ3n) is 5.30. The molecule has 2 fully saturated rings. The highest BCUT2D eigenvalue weighted by Crippen LogP contribution is 2.32. The van der Waals surface area contributed by atoms with Crippen LogP contribution in [0.15, 0.2) is 24.3 Å². The van der Waals surface area contributed by atoms with Gasteiger partial charge in [-0.25, -0.2) is 0 Å². The van der Waals surface area contributed by atoms with Crippen LogP contribution in [0.2, 0.25) is 0 Å². The van der Waals surface area contributed by atoms with E-state index in [1.165, 1.54) is 5.56 Å². The second-order valence-electron chi connectivity index (χ2n) is 7.06. The van der Waals surface area contributed by atoms with E-state index in [2.05, 4.69) is 55.3 Å². The zero-order valence-corrected chi connectivity index (χ0v) is 14.6. The maximum Gasteiger partial charge on any atom is 0.232 e. The summed E-state index contributed by atoms with van der Waals surface area (Å²) in [5.41, 5.74) is 2.02. The lowest BCUT2D eigenvalue weighted by molar-refractivity contribution is -0.135. The van der Waals surface area contributed by atoms with Crippen molar-refractivity contribution in [2.75, 3.05) is 26.2 Å². The van der Waals surface area contributed by atoms with E-state index in [0.717, 1.165) is 38.2 Å². The molecule has 0 radical (unpaired) electrons. The van der Waals surface area contributed by atoms with Crippen LogP contribution in [-0.4, -0.2) is 37.0 Å². The molecule has 122 valence electrons. The topological polar surface area (TPSA) is 32.3 Å². The number of aryl methyl sites for hydroxylation is 1. The van der Waals surface area contributed by atoms with Gasteiger partial charge in [0.25, 0.3) is 0 Å². The number of likely N-dealkylation sites (tertiary alicyclic amines) is 1. The maximum absolute atomic E-state index is 13.0. The quantitative estimate of drug-likeness (QED) is 0.928. The summed E-state index contributed by atoms with van der Waals surface area (Å²) in [5, 5.41) is 3.43. The minimum Gasteiger partial charge on any atom is -0.341 e.